The van der Waals surface area contributed by atoms with Crippen molar-refractivity contribution < 1.29 is 29.5 Å². The number of aliphatic hydroxyl groups excluding tert-OH is 1. The van der Waals surface area contributed by atoms with Gasteiger partial charge in [-0.05, 0) is 52.9 Å². The first-order chi connectivity index (χ1) is 25.6. The van der Waals surface area contributed by atoms with Crippen LogP contribution in [0.3, 0.4) is 0 Å². The second kappa shape index (κ2) is 14.5. The zero-order valence-corrected chi connectivity index (χ0v) is 29.1. The highest BCUT2D eigenvalue weighted by Crippen LogP contribution is 2.47. The molecule has 0 unspecified atom stereocenters. The molecular formula is C41H39N5O7. The van der Waals surface area contributed by atoms with E-state index in [0.717, 1.165) is 27.6 Å². The number of nitro groups is 1. The van der Waals surface area contributed by atoms with Gasteiger partial charge in [0.25, 0.3) is 11.6 Å². The maximum absolute atomic E-state index is 14.2. The number of rotatable bonds is 11. The molecule has 0 aliphatic carbocycles. The van der Waals surface area contributed by atoms with Crippen molar-refractivity contribution in [3.63, 3.8) is 0 Å². The summed E-state index contributed by atoms with van der Waals surface area (Å²) in [7, 11) is 0. The molecule has 4 N–H and O–H groups in total. The van der Waals surface area contributed by atoms with Crippen molar-refractivity contribution in [2.24, 2.45) is 5.92 Å². The summed E-state index contributed by atoms with van der Waals surface area (Å²) in [6.45, 7) is 1.84. The van der Waals surface area contributed by atoms with E-state index in [-0.39, 0.29) is 55.1 Å². The standard InChI is InChI=1S/C41H39N5O7/c1-26(8-6-15-39(49)44-24-29-11-3-2-10-28(29)19-33(44)25-47)41(51)35-21-32(46(52)53)16-17-37(35)45(40(41)50)23-27-9-7-12-31(18-27)43-38(48)20-30-22-42-36-14-5-4-13-34(30)36/h2-14,16-18,21-22,26,33,42,47,51H,15,19-20,23-25H2,1H3,(H,43,48)/b8-6+/t26-,33-,41+/m0/s1. The maximum Gasteiger partial charge on any atom is 0.269 e. The van der Waals surface area contributed by atoms with Gasteiger partial charge in [0.05, 0.1) is 36.2 Å². The molecule has 12 heteroatoms. The Kier molecular flexibility index (Phi) is 9.65. The Morgan fingerprint density at radius 3 is 2.62 bits per heavy atom. The number of carbonyl (C=O) groups is 3. The summed E-state index contributed by atoms with van der Waals surface area (Å²) >= 11 is 0. The molecule has 0 fully saturated rings. The number of nitrogens with one attached hydrogen (secondary N) is 2. The van der Waals surface area contributed by atoms with Gasteiger partial charge in [-0.15, -0.1) is 0 Å². The minimum atomic E-state index is -2.16. The minimum absolute atomic E-state index is 0.0199. The van der Waals surface area contributed by atoms with Crippen molar-refractivity contribution in [1.82, 2.24) is 9.88 Å². The lowest BCUT2D eigenvalue weighted by Crippen LogP contribution is -2.46. The van der Waals surface area contributed by atoms with Crippen molar-refractivity contribution in [2.45, 2.75) is 50.9 Å². The summed E-state index contributed by atoms with van der Waals surface area (Å²) in [5.74, 6) is -1.97. The number of fused-ring (bicyclic) bond motifs is 3. The average molecular weight is 714 g/mol. The highest BCUT2D eigenvalue weighted by atomic mass is 16.6. The van der Waals surface area contributed by atoms with E-state index in [4.69, 9.17) is 0 Å². The zero-order chi connectivity index (χ0) is 37.3. The van der Waals surface area contributed by atoms with Crippen LogP contribution >= 0.6 is 0 Å². The fourth-order valence-electron chi connectivity index (χ4n) is 7.46. The van der Waals surface area contributed by atoms with Crippen LogP contribution in [0.2, 0.25) is 0 Å². The quantitative estimate of drug-likeness (QED) is 0.0794. The minimum Gasteiger partial charge on any atom is -0.394 e. The maximum atomic E-state index is 14.2. The third-order valence-corrected chi connectivity index (χ3v) is 10.3. The van der Waals surface area contributed by atoms with Gasteiger partial charge in [-0.2, -0.15) is 0 Å². The molecule has 7 rings (SSSR count). The normalized spacial score (nSPS) is 18.6. The van der Waals surface area contributed by atoms with Gasteiger partial charge in [0.15, 0.2) is 5.60 Å². The summed E-state index contributed by atoms with van der Waals surface area (Å²) in [6, 6.07) is 26.2. The summed E-state index contributed by atoms with van der Waals surface area (Å²) in [6.07, 6.45) is 5.66. The molecule has 270 valence electrons. The molecule has 53 heavy (non-hydrogen) atoms. The molecule has 0 bridgehead atoms. The lowest BCUT2D eigenvalue weighted by atomic mass is 9.82. The van der Waals surface area contributed by atoms with Crippen molar-refractivity contribution in [3.8, 4) is 0 Å². The van der Waals surface area contributed by atoms with E-state index in [0.29, 0.717) is 29.9 Å². The van der Waals surface area contributed by atoms with Crippen LogP contribution in [0.4, 0.5) is 17.1 Å². The predicted octanol–water partition coefficient (Wildman–Crippen LogP) is 5.52. The SMILES string of the molecule is C[C@@H](/C=C/CC(=O)N1Cc2ccccc2C[C@H]1CO)[C@]1(O)C(=O)N(Cc2cccc(NC(=O)Cc3c[nH]c4ccccc34)c2)c2ccc([N+](=O)[O-])cc21. The molecule has 2 aliphatic heterocycles. The van der Waals surface area contributed by atoms with E-state index in [1.807, 2.05) is 54.7 Å². The molecule has 1 aromatic heterocycles. The van der Waals surface area contributed by atoms with Crippen LogP contribution in [-0.2, 0) is 45.9 Å². The van der Waals surface area contributed by atoms with Crippen LogP contribution in [0, 0.1) is 16.0 Å². The molecule has 3 atom stereocenters. The number of non-ortho nitro benzene ring substituents is 1. The lowest BCUT2D eigenvalue weighted by molar-refractivity contribution is -0.385. The Hall–Kier alpha value is -6.11. The fourth-order valence-corrected chi connectivity index (χ4v) is 7.46. The highest BCUT2D eigenvalue weighted by Gasteiger charge is 2.53. The van der Waals surface area contributed by atoms with E-state index >= 15 is 0 Å². The summed E-state index contributed by atoms with van der Waals surface area (Å²) < 4.78 is 0. The number of nitrogens with zero attached hydrogens (tertiary/aromatic N) is 3. The largest absolute Gasteiger partial charge is 0.394 e. The van der Waals surface area contributed by atoms with E-state index < -0.39 is 22.3 Å². The predicted molar refractivity (Wildman–Crippen MR) is 200 cm³/mol. The van der Waals surface area contributed by atoms with Crippen LogP contribution in [-0.4, -0.2) is 55.4 Å². The van der Waals surface area contributed by atoms with Crippen LogP contribution in [0.15, 0.2) is 109 Å². The van der Waals surface area contributed by atoms with Gasteiger partial charge in [-0.1, -0.05) is 73.7 Å². The van der Waals surface area contributed by atoms with Crippen LogP contribution in [0.1, 0.15) is 41.2 Å². The monoisotopic (exact) mass is 713 g/mol. The fraction of sp³-hybridized carbons (Fsp3) is 0.244. The number of hydrogen-bond donors (Lipinski definition) is 4. The molecule has 0 radical (unpaired) electrons. The number of nitro benzene ring substituents is 1. The molecule has 2 aliphatic rings. The second-order valence-corrected chi connectivity index (χ2v) is 13.7. The van der Waals surface area contributed by atoms with Crippen LogP contribution in [0.25, 0.3) is 10.9 Å². The zero-order valence-electron chi connectivity index (χ0n) is 29.1. The molecule has 4 aromatic carbocycles. The molecular weight excluding hydrogens is 674 g/mol. The van der Waals surface area contributed by atoms with Crippen molar-refractivity contribution in [3.05, 3.63) is 147 Å². The third-order valence-electron chi connectivity index (χ3n) is 10.3. The Bertz CT molecular complexity index is 2260. The number of H-pyrrole nitrogens is 1. The van der Waals surface area contributed by atoms with Gasteiger partial charge in [0.1, 0.15) is 0 Å². The number of para-hydroxylation sites is 1. The topological polar surface area (TPSA) is 169 Å². The van der Waals surface area contributed by atoms with Gasteiger partial charge in [-0.25, -0.2) is 0 Å². The van der Waals surface area contributed by atoms with E-state index in [1.54, 1.807) is 48.2 Å². The van der Waals surface area contributed by atoms with Crippen LogP contribution < -0.4 is 10.2 Å². The molecule has 0 saturated carbocycles. The Balaban J connectivity index is 1.08. The Morgan fingerprint density at radius 2 is 1.83 bits per heavy atom. The summed E-state index contributed by atoms with van der Waals surface area (Å²) in [5, 5.41) is 37.8. The Morgan fingerprint density at radius 1 is 1.06 bits per heavy atom. The molecule has 0 saturated heterocycles. The Labute approximate surface area is 305 Å². The molecule has 3 amide bonds. The van der Waals surface area contributed by atoms with Crippen molar-refractivity contribution >= 4 is 45.7 Å². The molecule has 5 aromatic rings. The average Bonchev–Trinajstić information content (AvgIpc) is 3.66. The van der Waals surface area contributed by atoms with Gasteiger partial charge < -0.3 is 30.3 Å². The van der Waals surface area contributed by atoms with Gasteiger partial charge >= 0.3 is 0 Å². The first-order valence-corrected chi connectivity index (χ1v) is 17.5. The summed E-state index contributed by atoms with van der Waals surface area (Å²) in [5.41, 5.74) is 3.08. The van der Waals surface area contributed by atoms with Gasteiger partial charge in [0.2, 0.25) is 11.8 Å². The number of amides is 3. The third kappa shape index (κ3) is 6.82. The number of hydrogen-bond acceptors (Lipinski definition) is 7. The number of aromatic amines is 1. The molecule has 12 nitrogen and oxygen atoms in total. The van der Waals surface area contributed by atoms with E-state index in [1.165, 1.54) is 23.1 Å². The molecule has 3 heterocycles. The van der Waals surface area contributed by atoms with Crippen molar-refractivity contribution in [2.75, 3.05) is 16.8 Å². The molecule has 0 spiro atoms. The smallest absolute Gasteiger partial charge is 0.269 e. The number of anilines is 2. The van der Waals surface area contributed by atoms with Gasteiger partial charge in [-0.3, -0.25) is 24.5 Å². The van der Waals surface area contributed by atoms with E-state index in [2.05, 4.69) is 10.3 Å². The van der Waals surface area contributed by atoms with Gasteiger partial charge in [0, 0.05) is 59.4 Å². The first kappa shape index (κ1) is 35.3. The number of aliphatic hydroxyl groups is 2. The van der Waals surface area contributed by atoms with Crippen molar-refractivity contribution in [1.29, 1.82) is 0 Å². The first-order valence-electron chi connectivity index (χ1n) is 17.5. The number of carbonyl (C=O) groups excluding carboxylic acids is 3. The van der Waals surface area contributed by atoms with E-state index in [9.17, 15) is 34.7 Å². The lowest BCUT2D eigenvalue weighted by Gasteiger charge is -2.36. The number of aromatic nitrogens is 1. The second-order valence-electron chi connectivity index (χ2n) is 13.7. The highest BCUT2D eigenvalue weighted by molar-refractivity contribution is 6.07. The van der Waals surface area contributed by atoms with Crippen LogP contribution in [0.5, 0.6) is 0 Å². The summed E-state index contributed by atoms with van der Waals surface area (Å²) in [4.78, 5) is 58.0. The number of benzene rings is 4.